The molecule has 0 radical (unpaired) electrons. The fourth-order valence-electron chi connectivity index (χ4n) is 11.4. The van der Waals surface area contributed by atoms with E-state index in [1.165, 1.54) is 0 Å². The van der Waals surface area contributed by atoms with Crippen molar-refractivity contribution in [3.05, 3.63) is 291 Å². The summed E-state index contributed by atoms with van der Waals surface area (Å²) in [6, 6.07) is 66.1. The zero-order valence-electron chi connectivity index (χ0n) is 52.4. The number of rotatable bonds is 8. The van der Waals surface area contributed by atoms with E-state index < -0.39 is 60.4 Å². The first kappa shape index (κ1) is 36.8. The van der Waals surface area contributed by atoms with Gasteiger partial charge in [-0.3, -0.25) is 13.7 Å². The molecule has 0 saturated carbocycles. The maximum atomic E-state index is 10.2. The van der Waals surface area contributed by atoms with Crippen LogP contribution in [0.2, 0.25) is 0 Å². The first-order valence-electron chi connectivity index (χ1n) is 30.9. The zero-order chi connectivity index (χ0) is 61.8. The van der Waals surface area contributed by atoms with Gasteiger partial charge in [0.25, 0.3) is 6.33 Å². The standard InChI is InChI=1S/C73H46N6O/c74-47-49-37-40-68-65(43-49)64-39-38-55(80-54-24-17-23-52(44-54)76-48-77(70-36-16-15-35-69(70)76)73-56(50-19-3-1-4-20-50)31-18-32-57(73)51-21-5-2-6-22-51)46-71(64)79(68)72-45-53(41-42-75-72)78-66-33-13-11-29-62(66)60-27-9-7-25-58(60)59-26-8-10-28-61(59)63-30-12-14-34-67(63)78/h1-46H/i1D,2D,3D,4D,5D,6D,19D,20D,21D,22D. The van der Waals surface area contributed by atoms with Crippen LogP contribution < -0.4 is 9.30 Å². The molecule has 4 aromatic heterocycles. The molecule has 7 heteroatoms. The van der Waals surface area contributed by atoms with Gasteiger partial charge in [-0.05, 0) is 111 Å². The third-order valence-electron chi connectivity index (χ3n) is 14.8. The van der Waals surface area contributed by atoms with Gasteiger partial charge in [-0.25, -0.2) is 4.98 Å². The van der Waals surface area contributed by atoms with E-state index >= 15 is 0 Å². The molecular formula is C73H46N6O. The number of pyridine rings is 1. The van der Waals surface area contributed by atoms with Gasteiger partial charge in [0.05, 0.1) is 75.5 Å². The third kappa shape index (κ3) is 7.74. The van der Waals surface area contributed by atoms with Crippen molar-refractivity contribution in [3.63, 3.8) is 0 Å². The van der Waals surface area contributed by atoms with Crippen LogP contribution in [-0.4, -0.2) is 18.7 Å². The van der Waals surface area contributed by atoms with Gasteiger partial charge >= 0.3 is 0 Å². The molecule has 0 amide bonds. The number of nitrogens with zero attached hydrogens (tertiary/aromatic N) is 6. The topological polar surface area (TPSA) is 64.6 Å². The van der Waals surface area contributed by atoms with Crippen molar-refractivity contribution in [1.29, 1.82) is 5.26 Å². The van der Waals surface area contributed by atoms with Crippen LogP contribution in [0, 0.1) is 17.7 Å². The minimum Gasteiger partial charge on any atom is -0.458 e. The van der Waals surface area contributed by atoms with Crippen LogP contribution in [0.4, 0.5) is 0 Å². The van der Waals surface area contributed by atoms with Crippen molar-refractivity contribution in [2.75, 3.05) is 0 Å². The molecule has 80 heavy (non-hydrogen) atoms. The van der Waals surface area contributed by atoms with E-state index in [9.17, 15) is 5.26 Å². The second-order valence-corrected chi connectivity index (χ2v) is 19.3. The third-order valence-corrected chi connectivity index (χ3v) is 14.8. The Morgan fingerprint density at radius 1 is 0.438 bits per heavy atom. The summed E-state index contributed by atoms with van der Waals surface area (Å²) in [7, 11) is 0. The van der Waals surface area contributed by atoms with Gasteiger partial charge in [-0.15, -0.1) is 0 Å². The van der Waals surface area contributed by atoms with E-state index in [1.807, 2.05) is 97.2 Å². The van der Waals surface area contributed by atoms with Crippen molar-refractivity contribution in [1.82, 2.24) is 18.7 Å². The molecule has 0 spiro atoms. The minimum atomic E-state index is -0.583. The molecule has 0 atom stereocenters. The van der Waals surface area contributed by atoms with Gasteiger partial charge in [-0.1, -0.05) is 194 Å². The van der Waals surface area contributed by atoms with Gasteiger partial charge in [0.1, 0.15) is 17.3 Å². The SMILES string of the molecule is [2H]c1c([2H])c([2H])c(-c2cccc(-c3c([2H])c([2H])c([2H])c([2H])c3[2H])c2-[n+]2[c-]n(-c3cccc(Oc4ccc5c6cc(C#N)ccc6n(-c6cc(-n7c8ccccc8c8ccccc8c8ccccc8c8ccccc87)ccn6)c5c4)c3)c3ccccc32)c([2H])c1[2H]. The number of hydrogen-bond donors (Lipinski definition) is 0. The van der Waals surface area contributed by atoms with Crippen LogP contribution >= 0.6 is 0 Å². The molecule has 0 bridgehead atoms. The van der Waals surface area contributed by atoms with Gasteiger partial charge in [0.2, 0.25) is 0 Å². The lowest BCUT2D eigenvalue weighted by atomic mass is 9.95. The van der Waals surface area contributed by atoms with Crippen molar-refractivity contribution >= 4 is 76.2 Å². The van der Waals surface area contributed by atoms with E-state index in [0.717, 1.165) is 70.8 Å². The predicted molar refractivity (Wildman–Crippen MR) is 325 cm³/mol. The zero-order valence-corrected chi connectivity index (χ0v) is 42.4. The number of benzene rings is 11. The molecule has 7 nitrogen and oxygen atoms in total. The fraction of sp³-hybridized carbons (Fsp3) is 0. The van der Waals surface area contributed by atoms with E-state index in [-0.39, 0.29) is 27.9 Å². The lowest BCUT2D eigenvalue weighted by Crippen LogP contribution is -2.31. The van der Waals surface area contributed by atoms with E-state index in [2.05, 4.69) is 125 Å². The van der Waals surface area contributed by atoms with Gasteiger partial charge in [0.15, 0.2) is 0 Å². The van der Waals surface area contributed by atoms with Crippen molar-refractivity contribution < 1.29 is 23.0 Å². The summed E-state index contributed by atoms with van der Waals surface area (Å²) in [5.74, 6) is 1.57. The molecule has 11 aromatic carbocycles. The summed E-state index contributed by atoms with van der Waals surface area (Å²) in [5, 5.41) is 18.5. The van der Waals surface area contributed by atoms with Crippen molar-refractivity contribution in [2.24, 2.45) is 0 Å². The van der Waals surface area contributed by atoms with Crippen LogP contribution in [-0.2, 0) is 0 Å². The largest absolute Gasteiger partial charge is 0.458 e. The highest BCUT2D eigenvalue weighted by Crippen LogP contribution is 2.39. The van der Waals surface area contributed by atoms with E-state index in [0.29, 0.717) is 39.6 Å². The average molecular weight is 1030 g/mol. The number of nitriles is 1. The summed E-state index contributed by atoms with van der Waals surface area (Å²) >= 11 is 0. The molecule has 15 rings (SSSR count). The summed E-state index contributed by atoms with van der Waals surface area (Å²) in [6.07, 6.45) is 5.29. The monoisotopic (exact) mass is 1030 g/mol. The average Bonchev–Trinajstić information content (AvgIpc) is 1.36. The number of aromatic nitrogens is 5. The molecule has 0 N–H and O–H groups in total. The maximum Gasteiger partial charge on any atom is 0.269 e. The van der Waals surface area contributed by atoms with Crippen molar-refractivity contribution in [3.8, 4) is 62.7 Å². The number of hydrogen-bond acceptors (Lipinski definition) is 3. The first-order chi connectivity index (χ1) is 43.8. The summed E-state index contributed by atoms with van der Waals surface area (Å²) in [6.45, 7) is 0. The van der Waals surface area contributed by atoms with Crippen LogP contribution in [0.15, 0.2) is 279 Å². The number of imidazole rings is 1. The Bertz CT molecular complexity index is 5460. The summed E-state index contributed by atoms with van der Waals surface area (Å²) in [4.78, 5) is 5.09. The molecule has 0 saturated heterocycles. The second kappa shape index (κ2) is 19.2. The molecular weight excluding hydrogens is 977 g/mol. The lowest BCUT2D eigenvalue weighted by molar-refractivity contribution is -0.571. The summed E-state index contributed by atoms with van der Waals surface area (Å²) < 4.78 is 103. The van der Waals surface area contributed by atoms with E-state index in [1.54, 1.807) is 27.3 Å². The van der Waals surface area contributed by atoms with Gasteiger partial charge < -0.3 is 9.30 Å². The molecule has 15 aromatic rings. The van der Waals surface area contributed by atoms with Crippen LogP contribution in [0.1, 0.15) is 19.3 Å². The Kier molecular flexibility index (Phi) is 8.83. The Hall–Kier alpha value is -11.1. The fourth-order valence-corrected chi connectivity index (χ4v) is 11.4. The smallest absolute Gasteiger partial charge is 0.269 e. The number of para-hydroxylation sites is 5. The second-order valence-electron chi connectivity index (χ2n) is 19.3. The molecule has 4 heterocycles. The molecule has 0 aliphatic carbocycles. The maximum absolute atomic E-state index is 10.2. The molecule has 0 fully saturated rings. The Labute approximate surface area is 474 Å². The first-order valence-corrected chi connectivity index (χ1v) is 25.9. The highest BCUT2D eigenvalue weighted by Gasteiger charge is 2.21. The molecule has 374 valence electrons. The van der Waals surface area contributed by atoms with Crippen LogP contribution in [0.3, 0.4) is 0 Å². The highest BCUT2D eigenvalue weighted by molar-refractivity contribution is 6.19. The lowest BCUT2D eigenvalue weighted by Gasteiger charge is -2.17. The minimum absolute atomic E-state index is 0.136. The van der Waals surface area contributed by atoms with Gasteiger partial charge in [-0.2, -0.15) is 5.26 Å². The number of ether oxygens (including phenoxy) is 1. The Balaban J connectivity index is 0.891. The molecule has 0 unspecified atom stereocenters. The summed E-state index contributed by atoms with van der Waals surface area (Å²) in [5.41, 5.74) is 6.78. The van der Waals surface area contributed by atoms with Crippen molar-refractivity contribution in [2.45, 2.75) is 0 Å². The van der Waals surface area contributed by atoms with Crippen LogP contribution in [0.25, 0.3) is 121 Å². The molecule has 0 aliphatic heterocycles. The predicted octanol–water partition coefficient (Wildman–Crippen LogP) is 17.7. The Morgan fingerprint density at radius 3 is 1.64 bits per heavy atom. The highest BCUT2D eigenvalue weighted by atomic mass is 16.5. The number of fused-ring (bicyclic) bond motifs is 11. The van der Waals surface area contributed by atoms with Crippen LogP contribution in [0.5, 0.6) is 11.5 Å². The Morgan fingerprint density at radius 2 is 0.988 bits per heavy atom. The van der Waals surface area contributed by atoms with Gasteiger partial charge in [0, 0.05) is 39.9 Å². The quantitative estimate of drug-likeness (QED) is 0.113. The normalized spacial score (nSPS) is 13.2. The van der Waals surface area contributed by atoms with E-state index in [4.69, 9.17) is 23.4 Å². The molecule has 0 aliphatic rings.